The zero-order chi connectivity index (χ0) is 12.8. The highest BCUT2D eigenvalue weighted by atomic mass is 16.5. The lowest BCUT2D eigenvalue weighted by Crippen LogP contribution is -2.42. The molecule has 4 heteroatoms. The zero-order valence-corrected chi connectivity index (χ0v) is 11.2. The van der Waals surface area contributed by atoms with Crippen molar-refractivity contribution in [2.24, 2.45) is 5.92 Å². The molecule has 2 aliphatic rings. The number of amides is 1. The van der Waals surface area contributed by atoms with Crippen molar-refractivity contribution < 1.29 is 9.53 Å². The van der Waals surface area contributed by atoms with E-state index in [1.54, 1.807) is 0 Å². The van der Waals surface area contributed by atoms with Crippen LogP contribution in [0.15, 0.2) is 11.6 Å². The Bertz CT molecular complexity index is 315. The number of hydrogen-bond acceptors (Lipinski definition) is 3. The van der Waals surface area contributed by atoms with Crippen molar-refractivity contribution in [1.82, 2.24) is 10.6 Å². The van der Waals surface area contributed by atoms with Gasteiger partial charge in [0.2, 0.25) is 5.91 Å². The number of rotatable bonds is 5. The first-order chi connectivity index (χ1) is 8.81. The lowest BCUT2D eigenvalue weighted by Gasteiger charge is -2.17. The average molecular weight is 252 g/mol. The minimum absolute atomic E-state index is 0.0321. The van der Waals surface area contributed by atoms with Crippen molar-refractivity contribution in [3.63, 3.8) is 0 Å². The number of carbonyl (C=O) groups is 1. The van der Waals surface area contributed by atoms with Gasteiger partial charge in [0.25, 0.3) is 0 Å². The molecular formula is C14H24N2O2. The summed E-state index contributed by atoms with van der Waals surface area (Å²) in [5.41, 5.74) is 1.51. The number of carbonyl (C=O) groups excluding carboxylic acids is 1. The van der Waals surface area contributed by atoms with Gasteiger partial charge in [-0.1, -0.05) is 11.6 Å². The third-order valence-electron chi connectivity index (χ3n) is 3.92. The monoisotopic (exact) mass is 252 g/mol. The number of nitrogens with one attached hydrogen (secondary N) is 2. The van der Waals surface area contributed by atoms with Gasteiger partial charge in [0.1, 0.15) is 0 Å². The SMILES string of the molecule is CNC1COCC1C(=O)NCCC1=CCCCC1. The summed E-state index contributed by atoms with van der Waals surface area (Å²) in [5, 5.41) is 6.17. The molecule has 4 nitrogen and oxygen atoms in total. The summed E-state index contributed by atoms with van der Waals surface area (Å²) in [6.07, 6.45) is 8.38. The Morgan fingerprint density at radius 2 is 2.33 bits per heavy atom. The molecule has 0 aromatic heterocycles. The summed E-state index contributed by atoms with van der Waals surface area (Å²) in [6, 6.07) is 0.166. The minimum atomic E-state index is -0.0321. The van der Waals surface area contributed by atoms with Gasteiger partial charge in [-0.05, 0) is 39.2 Å². The minimum Gasteiger partial charge on any atom is -0.379 e. The Morgan fingerprint density at radius 1 is 1.44 bits per heavy atom. The Kier molecular flexibility index (Phi) is 5.20. The van der Waals surface area contributed by atoms with Crippen LogP contribution >= 0.6 is 0 Å². The molecule has 102 valence electrons. The van der Waals surface area contributed by atoms with E-state index in [4.69, 9.17) is 4.74 Å². The molecular weight excluding hydrogens is 228 g/mol. The molecule has 1 aliphatic heterocycles. The highest BCUT2D eigenvalue weighted by Gasteiger charge is 2.32. The van der Waals surface area contributed by atoms with E-state index in [1.807, 2.05) is 7.05 Å². The largest absolute Gasteiger partial charge is 0.379 e. The van der Waals surface area contributed by atoms with Crippen molar-refractivity contribution >= 4 is 5.91 Å². The molecule has 2 atom stereocenters. The van der Waals surface area contributed by atoms with E-state index in [0.29, 0.717) is 13.2 Å². The Morgan fingerprint density at radius 3 is 3.06 bits per heavy atom. The number of likely N-dealkylation sites (N-methyl/N-ethyl adjacent to an activating group) is 1. The fourth-order valence-corrected chi connectivity index (χ4v) is 2.71. The van der Waals surface area contributed by atoms with Crippen LogP contribution in [0.3, 0.4) is 0 Å². The van der Waals surface area contributed by atoms with Crippen molar-refractivity contribution in [1.29, 1.82) is 0 Å². The summed E-state index contributed by atoms with van der Waals surface area (Å²) in [6.45, 7) is 1.94. The van der Waals surface area contributed by atoms with Crippen LogP contribution in [0, 0.1) is 5.92 Å². The van der Waals surface area contributed by atoms with E-state index in [1.165, 1.54) is 31.3 Å². The molecule has 18 heavy (non-hydrogen) atoms. The average Bonchev–Trinajstić information content (AvgIpc) is 2.88. The summed E-state index contributed by atoms with van der Waals surface area (Å²) in [7, 11) is 1.88. The van der Waals surface area contributed by atoms with Gasteiger partial charge in [-0.2, -0.15) is 0 Å². The van der Waals surface area contributed by atoms with E-state index < -0.39 is 0 Å². The highest BCUT2D eigenvalue weighted by molar-refractivity contribution is 5.79. The van der Waals surface area contributed by atoms with Crippen LogP contribution in [0.2, 0.25) is 0 Å². The van der Waals surface area contributed by atoms with Gasteiger partial charge in [0, 0.05) is 12.6 Å². The van der Waals surface area contributed by atoms with Crippen LogP contribution in [0.4, 0.5) is 0 Å². The topological polar surface area (TPSA) is 50.4 Å². The van der Waals surface area contributed by atoms with Gasteiger partial charge >= 0.3 is 0 Å². The lowest BCUT2D eigenvalue weighted by molar-refractivity contribution is -0.125. The van der Waals surface area contributed by atoms with E-state index in [9.17, 15) is 4.79 Å². The summed E-state index contributed by atoms with van der Waals surface area (Å²) < 4.78 is 5.34. The molecule has 1 amide bonds. The molecule has 0 bridgehead atoms. The number of hydrogen-bond donors (Lipinski definition) is 2. The maximum absolute atomic E-state index is 12.0. The molecule has 1 fully saturated rings. The normalized spacial score (nSPS) is 27.9. The lowest BCUT2D eigenvalue weighted by atomic mass is 9.97. The number of allylic oxidation sites excluding steroid dienone is 1. The predicted octanol–water partition coefficient (Wildman–Crippen LogP) is 1.23. The van der Waals surface area contributed by atoms with Crippen molar-refractivity contribution in [2.75, 3.05) is 26.8 Å². The first kappa shape index (κ1) is 13.6. The second kappa shape index (κ2) is 6.90. The molecule has 0 radical (unpaired) electrons. The molecule has 2 unspecified atom stereocenters. The fraction of sp³-hybridized carbons (Fsp3) is 0.786. The predicted molar refractivity (Wildman–Crippen MR) is 71.3 cm³/mol. The van der Waals surface area contributed by atoms with Crippen LogP contribution < -0.4 is 10.6 Å². The molecule has 1 heterocycles. The Labute approximate surface area is 109 Å². The van der Waals surface area contributed by atoms with Crippen LogP contribution in [-0.2, 0) is 9.53 Å². The first-order valence-corrected chi connectivity index (χ1v) is 7.02. The Hall–Kier alpha value is -0.870. The molecule has 1 aliphatic carbocycles. The van der Waals surface area contributed by atoms with E-state index in [2.05, 4.69) is 16.7 Å². The van der Waals surface area contributed by atoms with Gasteiger partial charge in [0.05, 0.1) is 19.1 Å². The maximum Gasteiger partial charge on any atom is 0.227 e. The molecule has 0 aromatic rings. The van der Waals surface area contributed by atoms with Crippen molar-refractivity contribution in [2.45, 2.75) is 38.1 Å². The molecule has 2 rings (SSSR count). The molecule has 0 saturated carbocycles. The van der Waals surface area contributed by atoms with Gasteiger partial charge < -0.3 is 15.4 Å². The van der Waals surface area contributed by atoms with Crippen molar-refractivity contribution in [3.8, 4) is 0 Å². The summed E-state index contributed by atoms with van der Waals surface area (Å²) in [4.78, 5) is 12.0. The summed E-state index contributed by atoms with van der Waals surface area (Å²) >= 11 is 0. The third-order valence-corrected chi connectivity index (χ3v) is 3.92. The third kappa shape index (κ3) is 3.56. The highest BCUT2D eigenvalue weighted by Crippen LogP contribution is 2.19. The number of ether oxygens (including phenoxy) is 1. The van der Waals surface area contributed by atoms with Crippen LogP contribution in [0.1, 0.15) is 32.1 Å². The molecule has 0 aromatic carbocycles. The van der Waals surface area contributed by atoms with Gasteiger partial charge in [0.15, 0.2) is 0 Å². The van der Waals surface area contributed by atoms with Gasteiger partial charge in [-0.15, -0.1) is 0 Å². The standard InChI is InChI=1S/C14H24N2O2/c1-15-13-10-18-9-12(13)14(17)16-8-7-11-5-3-2-4-6-11/h5,12-13,15H,2-4,6-10H2,1H3,(H,16,17). The Balaban J connectivity index is 1.69. The summed E-state index contributed by atoms with van der Waals surface area (Å²) in [5.74, 6) is 0.0959. The molecule has 2 N–H and O–H groups in total. The quantitative estimate of drug-likeness (QED) is 0.724. The molecule has 1 saturated heterocycles. The smallest absolute Gasteiger partial charge is 0.227 e. The second-order valence-corrected chi connectivity index (χ2v) is 5.19. The van der Waals surface area contributed by atoms with Gasteiger partial charge in [-0.25, -0.2) is 0 Å². The van der Waals surface area contributed by atoms with E-state index in [0.717, 1.165) is 13.0 Å². The van der Waals surface area contributed by atoms with Crippen LogP contribution in [0.5, 0.6) is 0 Å². The van der Waals surface area contributed by atoms with E-state index in [-0.39, 0.29) is 17.9 Å². The maximum atomic E-state index is 12.0. The van der Waals surface area contributed by atoms with E-state index >= 15 is 0 Å². The second-order valence-electron chi connectivity index (χ2n) is 5.19. The molecule has 0 spiro atoms. The van der Waals surface area contributed by atoms with Crippen LogP contribution in [0.25, 0.3) is 0 Å². The first-order valence-electron chi connectivity index (χ1n) is 7.02. The van der Waals surface area contributed by atoms with Gasteiger partial charge in [-0.3, -0.25) is 4.79 Å². The zero-order valence-electron chi connectivity index (χ0n) is 11.2. The van der Waals surface area contributed by atoms with Crippen molar-refractivity contribution in [3.05, 3.63) is 11.6 Å². The fourth-order valence-electron chi connectivity index (χ4n) is 2.71. The van der Waals surface area contributed by atoms with Crippen LogP contribution in [-0.4, -0.2) is 38.8 Å².